The molecule has 0 aliphatic rings. The summed E-state index contributed by atoms with van der Waals surface area (Å²) >= 11 is 0. The Bertz CT molecular complexity index is 482. The average Bonchev–Trinajstić information content (AvgIpc) is 2.74. The molecule has 90 valence electrons. The summed E-state index contributed by atoms with van der Waals surface area (Å²) in [4.78, 5) is 4.28. The number of aromatic nitrogens is 1. The third kappa shape index (κ3) is 2.39. The summed E-state index contributed by atoms with van der Waals surface area (Å²) in [5, 5.41) is 3.28. The second-order valence-corrected chi connectivity index (χ2v) is 4.18. The van der Waals surface area contributed by atoms with Gasteiger partial charge < -0.3 is 9.73 Å². The summed E-state index contributed by atoms with van der Waals surface area (Å²) in [7, 11) is 0. The quantitative estimate of drug-likeness (QED) is 0.877. The summed E-state index contributed by atoms with van der Waals surface area (Å²) in [6.07, 6.45) is 1.52. The van der Waals surface area contributed by atoms with Crippen molar-refractivity contribution >= 4 is 0 Å². The van der Waals surface area contributed by atoms with E-state index in [1.807, 2.05) is 0 Å². The van der Waals surface area contributed by atoms with Gasteiger partial charge in [-0.25, -0.2) is 4.98 Å². The lowest BCUT2D eigenvalue weighted by molar-refractivity contribution is 0.569. The third-order valence-electron chi connectivity index (χ3n) is 2.89. The van der Waals surface area contributed by atoms with Gasteiger partial charge in [0, 0.05) is 12.1 Å². The lowest BCUT2D eigenvalue weighted by Crippen LogP contribution is -2.12. The average molecular weight is 230 g/mol. The fourth-order valence-corrected chi connectivity index (χ4v) is 2.01. The zero-order valence-electron chi connectivity index (χ0n) is 10.6. The van der Waals surface area contributed by atoms with Crippen molar-refractivity contribution in [3.63, 3.8) is 0 Å². The Morgan fingerprint density at radius 3 is 2.59 bits per heavy atom. The normalized spacial score (nSPS) is 10.8. The van der Waals surface area contributed by atoms with E-state index in [2.05, 4.69) is 49.3 Å². The van der Waals surface area contributed by atoms with Gasteiger partial charge >= 0.3 is 0 Å². The van der Waals surface area contributed by atoms with E-state index in [4.69, 9.17) is 4.42 Å². The molecule has 0 amide bonds. The SMILES string of the molecule is CCNCc1ncoc1-c1c(C)cccc1C. The Balaban J connectivity index is 2.43. The minimum absolute atomic E-state index is 0.746. The van der Waals surface area contributed by atoms with E-state index >= 15 is 0 Å². The Kier molecular flexibility index (Phi) is 3.59. The van der Waals surface area contributed by atoms with E-state index in [1.54, 1.807) is 0 Å². The molecule has 1 N–H and O–H groups in total. The molecule has 0 fully saturated rings. The first kappa shape index (κ1) is 11.9. The highest BCUT2D eigenvalue weighted by Gasteiger charge is 2.14. The summed E-state index contributed by atoms with van der Waals surface area (Å²) < 4.78 is 5.56. The van der Waals surface area contributed by atoms with Crippen molar-refractivity contribution in [2.24, 2.45) is 0 Å². The van der Waals surface area contributed by atoms with Gasteiger partial charge in [-0.15, -0.1) is 0 Å². The van der Waals surface area contributed by atoms with Gasteiger partial charge in [0.2, 0.25) is 0 Å². The van der Waals surface area contributed by atoms with Crippen molar-refractivity contribution in [2.75, 3.05) is 6.54 Å². The lowest BCUT2D eigenvalue weighted by Gasteiger charge is -2.08. The first-order valence-corrected chi connectivity index (χ1v) is 5.93. The molecule has 0 aliphatic heterocycles. The van der Waals surface area contributed by atoms with Crippen LogP contribution in [0.15, 0.2) is 29.0 Å². The summed E-state index contributed by atoms with van der Waals surface area (Å²) in [6.45, 7) is 7.96. The van der Waals surface area contributed by atoms with Gasteiger partial charge in [0.25, 0.3) is 0 Å². The van der Waals surface area contributed by atoms with Crippen molar-refractivity contribution in [3.8, 4) is 11.3 Å². The molecular formula is C14H18N2O. The molecule has 0 atom stereocenters. The second kappa shape index (κ2) is 5.15. The number of hydrogen-bond donors (Lipinski definition) is 1. The Morgan fingerprint density at radius 2 is 1.94 bits per heavy atom. The standard InChI is InChI=1S/C14H18N2O/c1-4-15-8-12-14(17-9-16-12)13-10(2)6-5-7-11(13)3/h5-7,9,15H,4,8H2,1-3H3. The van der Waals surface area contributed by atoms with Crippen LogP contribution >= 0.6 is 0 Å². The van der Waals surface area contributed by atoms with Gasteiger partial charge in [-0.05, 0) is 31.5 Å². The highest BCUT2D eigenvalue weighted by Crippen LogP contribution is 2.29. The number of nitrogens with one attached hydrogen (secondary N) is 1. The molecule has 0 bridgehead atoms. The summed E-state index contributed by atoms with van der Waals surface area (Å²) in [5.74, 6) is 0.890. The number of benzene rings is 1. The first-order valence-electron chi connectivity index (χ1n) is 5.93. The second-order valence-electron chi connectivity index (χ2n) is 4.18. The molecule has 1 aromatic heterocycles. The predicted molar refractivity (Wildman–Crippen MR) is 68.8 cm³/mol. The van der Waals surface area contributed by atoms with Crippen LogP contribution in [0.25, 0.3) is 11.3 Å². The van der Waals surface area contributed by atoms with E-state index in [0.717, 1.165) is 30.1 Å². The zero-order valence-corrected chi connectivity index (χ0v) is 10.6. The van der Waals surface area contributed by atoms with Crippen LogP contribution in [-0.2, 0) is 6.54 Å². The molecule has 0 radical (unpaired) electrons. The smallest absolute Gasteiger partial charge is 0.181 e. The Hall–Kier alpha value is -1.61. The molecule has 0 unspecified atom stereocenters. The highest BCUT2D eigenvalue weighted by atomic mass is 16.3. The maximum absolute atomic E-state index is 5.56. The number of aryl methyl sites for hydroxylation is 2. The molecule has 3 nitrogen and oxygen atoms in total. The molecule has 0 spiro atoms. The zero-order chi connectivity index (χ0) is 12.3. The Morgan fingerprint density at radius 1 is 1.24 bits per heavy atom. The van der Waals surface area contributed by atoms with Crippen LogP contribution < -0.4 is 5.32 Å². The van der Waals surface area contributed by atoms with Gasteiger partial charge in [-0.3, -0.25) is 0 Å². The van der Waals surface area contributed by atoms with E-state index in [-0.39, 0.29) is 0 Å². The van der Waals surface area contributed by atoms with Crippen molar-refractivity contribution in [2.45, 2.75) is 27.3 Å². The minimum atomic E-state index is 0.746. The molecule has 0 aliphatic carbocycles. The maximum atomic E-state index is 5.56. The molecule has 0 saturated heterocycles. The molecule has 1 aromatic carbocycles. The molecule has 17 heavy (non-hydrogen) atoms. The number of oxazole rings is 1. The van der Waals surface area contributed by atoms with Crippen LogP contribution in [0, 0.1) is 13.8 Å². The number of rotatable bonds is 4. The molecule has 2 rings (SSSR count). The van der Waals surface area contributed by atoms with E-state index < -0.39 is 0 Å². The molecular weight excluding hydrogens is 212 g/mol. The number of hydrogen-bond acceptors (Lipinski definition) is 3. The van der Waals surface area contributed by atoms with Crippen LogP contribution in [0.3, 0.4) is 0 Å². The van der Waals surface area contributed by atoms with Gasteiger partial charge in [0.15, 0.2) is 12.2 Å². The van der Waals surface area contributed by atoms with Crippen molar-refractivity contribution < 1.29 is 4.42 Å². The van der Waals surface area contributed by atoms with E-state index in [0.29, 0.717) is 0 Å². The third-order valence-corrected chi connectivity index (χ3v) is 2.89. The van der Waals surface area contributed by atoms with E-state index in [1.165, 1.54) is 17.5 Å². The lowest BCUT2D eigenvalue weighted by atomic mass is 9.99. The van der Waals surface area contributed by atoms with Gasteiger partial charge in [-0.2, -0.15) is 0 Å². The van der Waals surface area contributed by atoms with Crippen LogP contribution in [0.4, 0.5) is 0 Å². The predicted octanol–water partition coefficient (Wildman–Crippen LogP) is 3.07. The summed E-state index contributed by atoms with van der Waals surface area (Å²) in [5.41, 5.74) is 4.58. The number of nitrogens with zero attached hydrogens (tertiary/aromatic N) is 1. The van der Waals surface area contributed by atoms with Crippen molar-refractivity contribution in [1.29, 1.82) is 0 Å². The van der Waals surface area contributed by atoms with Crippen molar-refractivity contribution in [3.05, 3.63) is 41.4 Å². The van der Waals surface area contributed by atoms with Gasteiger partial charge in [-0.1, -0.05) is 25.1 Å². The monoisotopic (exact) mass is 230 g/mol. The minimum Gasteiger partial charge on any atom is -0.443 e. The molecule has 3 heteroatoms. The van der Waals surface area contributed by atoms with Crippen LogP contribution in [-0.4, -0.2) is 11.5 Å². The van der Waals surface area contributed by atoms with Crippen LogP contribution in [0.1, 0.15) is 23.7 Å². The van der Waals surface area contributed by atoms with Crippen molar-refractivity contribution in [1.82, 2.24) is 10.3 Å². The van der Waals surface area contributed by atoms with Crippen LogP contribution in [0.5, 0.6) is 0 Å². The first-order chi connectivity index (χ1) is 8.24. The molecule has 0 saturated carbocycles. The fourth-order valence-electron chi connectivity index (χ4n) is 2.01. The topological polar surface area (TPSA) is 38.1 Å². The molecule has 1 heterocycles. The van der Waals surface area contributed by atoms with E-state index in [9.17, 15) is 0 Å². The summed E-state index contributed by atoms with van der Waals surface area (Å²) in [6, 6.07) is 6.26. The molecule has 2 aromatic rings. The highest BCUT2D eigenvalue weighted by molar-refractivity contribution is 5.67. The maximum Gasteiger partial charge on any atom is 0.181 e. The Labute approximate surface area is 102 Å². The van der Waals surface area contributed by atoms with Gasteiger partial charge in [0.05, 0.1) is 0 Å². The van der Waals surface area contributed by atoms with Crippen LogP contribution in [0.2, 0.25) is 0 Å². The van der Waals surface area contributed by atoms with Gasteiger partial charge in [0.1, 0.15) is 5.69 Å². The largest absolute Gasteiger partial charge is 0.443 e. The fraction of sp³-hybridized carbons (Fsp3) is 0.357.